The van der Waals surface area contributed by atoms with Gasteiger partial charge in [0.1, 0.15) is 6.42 Å². The largest absolute Gasteiger partial charge is 0.395 e. The van der Waals surface area contributed by atoms with Crippen molar-refractivity contribution in [1.82, 2.24) is 0 Å². The second-order valence-corrected chi connectivity index (χ2v) is 3.94. The highest BCUT2D eigenvalue weighted by Gasteiger charge is 2.81. The van der Waals surface area contributed by atoms with Crippen LogP contribution in [0.5, 0.6) is 0 Å². The molecule has 0 aromatic heterocycles. The molecule has 0 aromatic carbocycles. The van der Waals surface area contributed by atoms with Gasteiger partial charge in [0.2, 0.25) is 6.43 Å². The summed E-state index contributed by atoms with van der Waals surface area (Å²) in [4.78, 5) is 0. The van der Waals surface area contributed by atoms with E-state index >= 15 is 0 Å². The van der Waals surface area contributed by atoms with E-state index in [0.29, 0.717) is 0 Å². The van der Waals surface area contributed by atoms with Gasteiger partial charge in [-0.2, -0.15) is 48.3 Å². The van der Waals surface area contributed by atoms with Gasteiger partial charge in [-0.1, -0.05) is 0 Å². The van der Waals surface area contributed by atoms with Crippen LogP contribution in [0.15, 0.2) is 0 Å². The topological polar surface area (TPSA) is 0 Å². The predicted octanol–water partition coefficient (Wildman–Crippen LogP) is 5.14. The lowest BCUT2D eigenvalue weighted by atomic mass is 9.95. The molecular weight excluding hydrogens is 343 g/mol. The first-order valence-corrected chi connectivity index (χ1v) is 4.73. The maximum absolute atomic E-state index is 12.7. The van der Waals surface area contributed by atoms with Crippen molar-refractivity contribution in [3.8, 4) is 0 Å². The van der Waals surface area contributed by atoms with Gasteiger partial charge in [0.15, 0.2) is 0 Å². The summed E-state index contributed by atoms with van der Waals surface area (Å²) >= 11 is 0. The molecular formula is C8H5F13. The molecule has 0 amide bonds. The second kappa shape index (κ2) is 5.38. The zero-order valence-electron chi connectivity index (χ0n) is 9.41. The van der Waals surface area contributed by atoms with Crippen LogP contribution in [0.1, 0.15) is 12.8 Å². The third kappa shape index (κ3) is 4.05. The van der Waals surface area contributed by atoms with Crippen molar-refractivity contribution in [2.75, 3.05) is 0 Å². The van der Waals surface area contributed by atoms with Crippen LogP contribution in [0, 0.1) is 0 Å². The fourth-order valence-corrected chi connectivity index (χ4v) is 1.14. The summed E-state index contributed by atoms with van der Waals surface area (Å²) in [6.07, 6.45) is -17.4. The first-order valence-electron chi connectivity index (χ1n) is 4.73. The molecule has 0 aromatic rings. The molecule has 0 fully saturated rings. The highest BCUT2D eigenvalue weighted by atomic mass is 19.4. The van der Waals surface area contributed by atoms with Crippen LogP contribution in [0.2, 0.25) is 0 Å². The highest BCUT2D eigenvalue weighted by molar-refractivity contribution is 5.04. The van der Waals surface area contributed by atoms with Gasteiger partial charge in [-0.25, -0.2) is 8.78 Å². The van der Waals surface area contributed by atoms with Crippen molar-refractivity contribution >= 4 is 0 Å². The molecule has 0 bridgehead atoms. The lowest BCUT2D eigenvalue weighted by Crippen LogP contribution is -2.63. The molecule has 128 valence electrons. The predicted molar refractivity (Wildman–Crippen MR) is 41.1 cm³/mol. The summed E-state index contributed by atoms with van der Waals surface area (Å²) in [7, 11) is 0. The average Bonchev–Trinajstić information content (AvgIpc) is 2.10. The average molecular weight is 348 g/mol. The minimum absolute atomic E-state index is 3.22. The first kappa shape index (κ1) is 20.1. The van der Waals surface area contributed by atoms with Gasteiger partial charge in [0.05, 0.1) is 6.42 Å². The van der Waals surface area contributed by atoms with Crippen LogP contribution in [0.4, 0.5) is 57.1 Å². The Morgan fingerprint density at radius 1 is 0.571 bits per heavy atom. The van der Waals surface area contributed by atoms with E-state index in [-0.39, 0.29) is 0 Å². The molecule has 0 nitrogen and oxygen atoms in total. The third-order valence-electron chi connectivity index (χ3n) is 2.15. The molecule has 0 aliphatic carbocycles. The van der Waals surface area contributed by atoms with Crippen LogP contribution >= 0.6 is 0 Å². The standard InChI is InChI=1S/C8H5F13/c9-3(10)1-4(11,12)7(18,19)8(20,21)5(13,14)2-6(15,16)17/h3H,1-2H2. The molecule has 0 unspecified atom stereocenters. The number of hydrogen-bond donors (Lipinski definition) is 0. The molecule has 0 radical (unpaired) electrons. The molecule has 0 spiro atoms. The monoisotopic (exact) mass is 348 g/mol. The fourth-order valence-electron chi connectivity index (χ4n) is 1.14. The van der Waals surface area contributed by atoms with E-state index in [2.05, 4.69) is 0 Å². The van der Waals surface area contributed by atoms with E-state index in [1.165, 1.54) is 0 Å². The highest BCUT2D eigenvalue weighted by Crippen LogP contribution is 2.56. The van der Waals surface area contributed by atoms with Gasteiger partial charge in [0, 0.05) is 0 Å². The Bertz CT molecular complexity index is 352. The van der Waals surface area contributed by atoms with Crippen LogP contribution in [0.25, 0.3) is 0 Å². The summed E-state index contributed by atoms with van der Waals surface area (Å²) in [6.45, 7) is 0. The van der Waals surface area contributed by atoms with Crippen molar-refractivity contribution in [1.29, 1.82) is 0 Å². The minimum Gasteiger partial charge on any atom is -0.210 e. The summed E-state index contributed by atoms with van der Waals surface area (Å²) in [6, 6.07) is 0. The van der Waals surface area contributed by atoms with E-state index in [1.807, 2.05) is 0 Å². The van der Waals surface area contributed by atoms with E-state index in [1.54, 1.807) is 0 Å². The summed E-state index contributed by atoms with van der Waals surface area (Å²) < 4.78 is 159. The van der Waals surface area contributed by atoms with Crippen molar-refractivity contribution in [3.63, 3.8) is 0 Å². The summed E-state index contributed by atoms with van der Waals surface area (Å²) in [5.41, 5.74) is 0. The normalized spacial score (nSPS) is 15.7. The molecule has 0 saturated carbocycles. The fraction of sp³-hybridized carbons (Fsp3) is 1.00. The zero-order valence-corrected chi connectivity index (χ0v) is 9.41. The maximum Gasteiger partial charge on any atom is 0.395 e. The lowest BCUT2D eigenvalue weighted by molar-refractivity contribution is -0.380. The number of alkyl halides is 13. The quantitative estimate of drug-likeness (QED) is 0.584. The van der Waals surface area contributed by atoms with Crippen molar-refractivity contribution in [2.45, 2.75) is 49.1 Å². The Morgan fingerprint density at radius 2 is 0.905 bits per heavy atom. The molecule has 21 heavy (non-hydrogen) atoms. The molecule has 0 N–H and O–H groups in total. The van der Waals surface area contributed by atoms with Gasteiger partial charge in [0.25, 0.3) is 0 Å². The minimum atomic E-state index is -7.20. The van der Waals surface area contributed by atoms with E-state index in [0.717, 1.165) is 0 Å². The third-order valence-corrected chi connectivity index (χ3v) is 2.15. The molecule has 0 heterocycles. The van der Waals surface area contributed by atoms with E-state index < -0.39 is 49.1 Å². The Hall–Kier alpha value is -0.910. The molecule has 13 heteroatoms. The maximum atomic E-state index is 12.7. The van der Waals surface area contributed by atoms with Gasteiger partial charge >= 0.3 is 29.9 Å². The molecule has 0 saturated heterocycles. The Morgan fingerprint density at radius 3 is 1.19 bits per heavy atom. The second-order valence-electron chi connectivity index (χ2n) is 3.94. The summed E-state index contributed by atoms with van der Waals surface area (Å²) in [5, 5.41) is 0. The van der Waals surface area contributed by atoms with Crippen molar-refractivity contribution in [2.24, 2.45) is 0 Å². The Kier molecular flexibility index (Phi) is 5.14. The zero-order chi connectivity index (χ0) is 17.5. The van der Waals surface area contributed by atoms with Gasteiger partial charge in [-0.3, -0.25) is 0 Å². The molecule has 0 aliphatic heterocycles. The number of halogens is 13. The van der Waals surface area contributed by atoms with Crippen LogP contribution in [-0.2, 0) is 0 Å². The summed E-state index contributed by atoms with van der Waals surface area (Å²) in [5.74, 6) is -27.3. The van der Waals surface area contributed by atoms with Crippen LogP contribution < -0.4 is 0 Å². The van der Waals surface area contributed by atoms with Gasteiger partial charge in [-0.05, 0) is 0 Å². The molecule has 0 atom stereocenters. The van der Waals surface area contributed by atoms with Gasteiger partial charge in [-0.15, -0.1) is 0 Å². The smallest absolute Gasteiger partial charge is 0.210 e. The van der Waals surface area contributed by atoms with Gasteiger partial charge < -0.3 is 0 Å². The number of hydrogen-bond acceptors (Lipinski definition) is 0. The SMILES string of the molecule is FC(F)CC(F)(F)C(F)(F)C(F)(F)C(F)(F)CC(F)(F)F. The van der Waals surface area contributed by atoms with Crippen molar-refractivity contribution < 1.29 is 57.1 Å². The van der Waals surface area contributed by atoms with Crippen molar-refractivity contribution in [3.05, 3.63) is 0 Å². The Balaban J connectivity index is 5.65. The van der Waals surface area contributed by atoms with Crippen LogP contribution in [0.3, 0.4) is 0 Å². The van der Waals surface area contributed by atoms with Crippen LogP contribution in [-0.4, -0.2) is 36.3 Å². The number of rotatable bonds is 6. The molecule has 0 aliphatic rings. The van der Waals surface area contributed by atoms with E-state index in [9.17, 15) is 57.1 Å². The molecule has 0 rings (SSSR count). The Labute approximate surface area is 107 Å². The lowest BCUT2D eigenvalue weighted by Gasteiger charge is -2.36. The van der Waals surface area contributed by atoms with E-state index in [4.69, 9.17) is 0 Å². The first-order chi connectivity index (χ1) is 8.87.